The number of methoxy groups -OCH3 is 1. The Kier molecular flexibility index (Phi) is 6.32. The van der Waals surface area contributed by atoms with Crippen molar-refractivity contribution in [2.24, 2.45) is 0 Å². The number of anilines is 1. The Morgan fingerprint density at radius 3 is 2.53 bits per heavy atom. The molecule has 0 unspecified atom stereocenters. The zero-order valence-electron chi connectivity index (χ0n) is 19.8. The van der Waals surface area contributed by atoms with Crippen molar-refractivity contribution in [1.29, 1.82) is 0 Å². The number of hydrogen-bond donors (Lipinski definition) is 2. The van der Waals surface area contributed by atoms with Gasteiger partial charge in [-0.1, -0.05) is 31.0 Å². The van der Waals surface area contributed by atoms with Gasteiger partial charge in [0.25, 0.3) is 5.56 Å². The minimum atomic E-state index is -0.763. The van der Waals surface area contributed by atoms with E-state index in [0.29, 0.717) is 22.4 Å². The molecule has 0 saturated heterocycles. The Balaban J connectivity index is 1.54. The Morgan fingerprint density at radius 1 is 1.00 bits per heavy atom. The lowest BCUT2D eigenvalue weighted by atomic mass is 10.2. The largest absolute Gasteiger partial charge is 0.497 e. The van der Waals surface area contributed by atoms with Crippen LogP contribution in [0.25, 0.3) is 22.1 Å². The van der Waals surface area contributed by atoms with Crippen LogP contribution in [-0.2, 0) is 22.7 Å². The van der Waals surface area contributed by atoms with E-state index in [0.717, 1.165) is 30.3 Å². The fourth-order valence-corrected chi connectivity index (χ4v) is 4.71. The van der Waals surface area contributed by atoms with Gasteiger partial charge in [-0.05, 0) is 37.1 Å². The van der Waals surface area contributed by atoms with E-state index in [1.54, 1.807) is 48.5 Å². The van der Waals surface area contributed by atoms with Crippen molar-refractivity contribution in [3.05, 3.63) is 69.4 Å². The number of aromatic nitrogens is 2. The summed E-state index contributed by atoms with van der Waals surface area (Å²) in [6.07, 6.45) is 3.81. The molecule has 10 heteroatoms. The number of para-hydroxylation sites is 1. The molecule has 2 aromatic heterocycles. The summed E-state index contributed by atoms with van der Waals surface area (Å²) in [6.45, 7) is -0.848. The van der Waals surface area contributed by atoms with E-state index < -0.39 is 29.6 Å². The number of furan rings is 1. The lowest BCUT2D eigenvalue weighted by Crippen LogP contribution is -2.46. The second-order valence-corrected chi connectivity index (χ2v) is 8.86. The molecule has 1 aliphatic carbocycles. The van der Waals surface area contributed by atoms with Crippen LogP contribution in [0.15, 0.2) is 62.5 Å². The van der Waals surface area contributed by atoms with E-state index in [-0.39, 0.29) is 23.7 Å². The van der Waals surface area contributed by atoms with Crippen LogP contribution in [0.2, 0.25) is 0 Å². The van der Waals surface area contributed by atoms with Gasteiger partial charge in [0.05, 0.1) is 7.11 Å². The molecule has 1 aliphatic rings. The molecule has 1 fully saturated rings. The van der Waals surface area contributed by atoms with Crippen LogP contribution in [0.1, 0.15) is 25.7 Å². The van der Waals surface area contributed by atoms with Crippen molar-refractivity contribution < 1.29 is 18.7 Å². The molecule has 2 aromatic carbocycles. The number of nitrogens with one attached hydrogen (secondary N) is 2. The summed E-state index contributed by atoms with van der Waals surface area (Å²) in [4.78, 5) is 52.4. The summed E-state index contributed by atoms with van der Waals surface area (Å²) in [6, 6.07) is 13.8. The molecule has 2 amide bonds. The van der Waals surface area contributed by atoms with Gasteiger partial charge < -0.3 is 19.8 Å². The Morgan fingerprint density at radius 2 is 1.75 bits per heavy atom. The molecule has 0 radical (unpaired) electrons. The second kappa shape index (κ2) is 9.73. The predicted molar refractivity (Wildman–Crippen MR) is 134 cm³/mol. The van der Waals surface area contributed by atoms with Gasteiger partial charge in [-0.3, -0.25) is 19.0 Å². The van der Waals surface area contributed by atoms with Crippen LogP contribution in [0.3, 0.4) is 0 Å². The molecule has 2 N–H and O–H groups in total. The first-order valence-corrected chi connectivity index (χ1v) is 11.8. The quantitative estimate of drug-likeness (QED) is 0.410. The molecule has 0 spiro atoms. The van der Waals surface area contributed by atoms with E-state index in [4.69, 9.17) is 9.15 Å². The summed E-state index contributed by atoms with van der Waals surface area (Å²) in [5.74, 6) is -0.350. The third-order valence-electron chi connectivity index (χ3n) is 6.42. The predicted octanol–water partition coefficient (Wildman–Crippen LogP) is 2.62. The molecule has 0 bridgehead atoms. The van der Waals surface area contributed by atoms with E-state index in [1.807, 2.05) is 0 Å². The summed E-state index contributed by atoms with van der Waals surface area (Å²) in [7, 11) is 1.52. The second-order valence-electron chi connectivity index (χ2n) is 8.86. The van der Waals surface area contributed by atoms with E-state index >= 15 is 0 Å². The van der Waals surface area contributed by atoms with Gasteiger partial charge in [0.15, 0.2) is 0 Å². The van der Waals surface area contributed by atoms with Gasteiger partial charge in [0.1, 0.15) is 29.9 Å². The number of amides is 2. The molecular weight excluding hydrogens is 464 g/mol. The van der Waals surface area contributed by atoms with Crippen LogP contribution in [-0.4, -0.2) is 34.1 Å². The number of rotatable bonds is 7. The van der Waals surface area contributed by atoms with Gasteiger partial charge in [0, 0.05) is 23.2 Å². The monoisotopic (exact) mass is 490 g/mol. The van der Waals surface area contributed by atoms with Gasteiger partial charge >= 0.3 is 5.69 Å². The molecule has 10 nitrogen and oxygen atoms in total. The molecular formula is C26H26N4O6. The highest BCUT2D eigenvalue weighted by Gasteiger charge is 2.24. The molecule has 2 heterocycles. The van der Waals surface area contributed by atoms with Crippen LogP contribution in [0.5, 0.6) is 5.75 Å². The highest BCUT2D eigenvalue weighted by Crippen LogP contribution is 2.26. The SMILES string of the molecule is COc1cccc(NC(=O)Cn2c(=O)n(CC(=O)NC3CCCC3)c(=O)c3oc4ccccc4c32)c1. The fourth-order valence-electron chi connectivity index (χ4n) is 4.71. The summed E-state index contributed by atoms with van der Waals surface area (Å²) in [5, 5.41) is 6.16. The first-order chi connectivity index (χ1) is 17.4. The molecule has 186 valence electrons. The highest BCUT2D eigenvalue weighted by atomic mass is 16.5. The van der Waals surface area contributed by atoms with Crippen molar-refractivity contribution in [3.8, 4) is 5.75 Å². The standard InChI is InChI=1S/C26H26N4O6/c1-35-18-10-6-9-17(13-18)28-21(31)14-29-23-19-11-4-5-12-20(19)36-24(23)25(33)30(26(29)34)15-22(32)27-16-7-2-3-8-16/h4-6,9-13,16H,2-3,7-8,14-15H2,1H3,(H,27,32)(H,28,31). The molecule has 0 aliphatic heterocycles. The lowest BCUT2D eigenvalue weighted by Gasteiger charge is -2.14. The topological polar surface area (TPSA) is 125 Å². The van der Waals surface area contributed by atoms with Crippen LogP contribution in [0, 0.1) is 0 Å². The van der Waals surface area contributed by atoms with E-state index in [2.05, 4.69) is 10.6 Å². The summed E-state index contributed by atoms with van der Waals surface area (Å²) >= 11 is 0. The van der Waals surface area contributed by atoms with Crippen molar-refractivity contribution in [3.63, 3.8) is 0 Å². The third-order valence-corrected chi connectivity index (χ3v) is 6.42. The highest BCUT2D eigenvalue weighted by molar-refractivity contribution is 6.03. The van der Waals surface area contributed by atoms with E-state index in [9.17, 15) is 19.2 Å². The number of nitrogens with zero attached hydrogens (tertiary/aromatic N) is 2. The third kappa shape index (κ3) is 4.49. The summed E-state index contributed by atoms with van der Waals surface area (Å²) in [5.41, 5.74) is -0.449. The zero-order chi connectivity index (χ0) is 25.2. The first kappa shape index (κ1) is 23.4. The zero-order valence-corrected chi connectivity index (χ0v) is 19.8. The van der Waals surface area contributed by atoms with Crippen LogP contribution < -0.4 is 26.6 Å². The minimum absolute atomic E-state index is 0.0407. The fraction of sp³-hybridized carbons (Fsp3) is 0.308. The average molecular weight is 491 g/mol. The number of hydrogen-bond acceptors (Lipinski definition) is 6. The number of benzene rings is 2. The maximum atomic E-state index is 13.5. The number of ether oxygens (including phenoxy) is 1. The van der Waals surface area contributed by atoms with Gasteiger partial charge in [0.2, 0.25) is 17.4 Å². The van der Waals surface area contributed by atoms with Gasteiger partial charge in [-0.25, -0.2) is 9.36 Å². The molecule has 5 rings (SSSR count). The van der Waals surface area contributed by atoms with Gasteiger partial charge in [-0.2, -0.15) is 0 Å². The van der Waals surface area contributed by atoms with Crippen molar-refractivity contribution in [1.82, 2.24) is 14.5 Å². The molecule has 36 heavy (non-hydrogen) atoms. The van der Waals surface area contributed by atoms with Crippen LogP contribution >= 0.6 is 0 Å². The van der Waals surface area contributed by atoms with Gasteiger partial charge in [-0.15, -0.1) is 0 Å². The lowest BCUT2D eigenvalue weighted by molar-refractivity contribution is -0.122. The normalized spacial score (nSPS) is 13.8. The minimum Gasteiger partial charge on any atom is -0.497 e. The molecule has 0 atom stereocenters. The van der Waals surface area contributed by atoms with Crippen molar-refractivity contribution in [2.75, 3.05) is 12.4 Å². The van der Waals surface area contributed by atoms with Crippen molar-refractivity contribution in [2.45, 2.75) is 44.8 Å². The first-order valence-electron chi connectivity index (χ1n) is 11.8. The summed E-state index contributed by atoms with van der Waals surface area (Å²) < 4.78 is 13.0. The van der Waals surface area contributed by atoms with E-state index in [1.165, 1.54) is 11.7 Å². The average Bonchev–Trinajstić information content (AvgIpc) is 3.52. The number of carbonyl (C=O) groups is 2. The molecule has 1 saturated carbocycles. The Hall–Kier alpha value is -4.34. The number of fused-ring (bicyclic) bond motifs is 3. The Labute approximate surface area is 205 Å². The van der Waals surface area contributed by atoms with Crippen LogP contribution in [0.4, 0.5) is 5.69 Å². The smallest absolute Gasteiger partial charge is 0.332 e. The Bertz CT molecular complexity index is 1580. The molecule has 4 aromatic rings. The van der Waals surface area contributed by atoms with Crippen molar-refractivity contribution >= 4 is 39.6 Å². The maximum absolute atomic E-state index is 13.5. The maximum Gasteiger partial charge on any atom is 0.332 e. The number of carbonyl (C=O) groups excluding carboxylic acids is 2.